The Balaban J connectivity index is 2.28. The normalized spacial score (nSPS) is 10.3. The van der Waals surface area contributed by atoms with Crippen molar-refractivity contribution in [2.45, 2.75) is 0 Å². The Bertz CT molecular complexity index is 649. The number of rotatable bonds is 2. The molecule has 19 heavy (non-hydrogen) atoms. The summed E-state index contributed by atoms with van der Waals surface area (Å²) in [7, 11) is 0. The molecule has 0 saturated carbocycles. The number of nitrogens with one attached hydrogen (secondary N) is 1. The van der Waals surface area contributed by atoms with Crippen LogP contribution in [-0.4, -0.2) is 5.91 Å². The predicted molar refractivity (Wildman–Crippen MR) is 73.5 cm³/mol. The van der Waals surface area contributed by atoms with Crippen LogP contribution in [0.5, 0.6) is 0 Å². The second-order valence-corrected chi connectivity index (χ2v) is 5.03. The SMILES string of the molecule is O=C(Nc1cccc(Br)c1)c1cc(F)c(Cl)cc1F. The molecule has 0 aliphatic heterocycles. The Morgan fingerprint density at radius 1 is 1.16 bits per heavy atom. The van der Waals surface area contributed by atoms with E-state index >= 15 is 0 Å². The van der Waals surface area contributed by atoms with Gasteiger partial charge in [-0.05, 0) is 30.3 Å². The summed E-state index contributed by atoms with van der Waals surface area (Å²) < 4.78 is 27.5. The molecule has 0 aliphatic carbocycles. The number of benzene rings is 2. The smallest absolute Gasteiger partial charge is 0.258 e. The molecule has 0 atom stereocenters. The van der Waals surface area contributed by atoms with E-state index in [0.29, 0.717) is 5.69 Å². The lowest BCUT2D eigenvalue weighted by Gasteiger charge is -2.07. The van der Waals surface area contributed by atoms with Crippen molar-refractivity contribution in [2.24, 2.45) is 0 Å². The highest BCUT2D eigenvalue weighted by atomic mass is 79.9. The van der Waals surface area contributed by atoms with Gasteiger partial charge in [-0.3, -0.25) is 4.79 Å². The second-order valence-electron chi connectivity index (χ2n) is 3.71. The molecule has 0 saturated heterocycles. The highest BCUT2D eigenvalue weighted by molar-refractivity contribution is 9.10. The molecule has 98 valence electrons. The molecule has 0 heterocycles. The van der Waals surface area contributed by atoms with Gasteiger partial charge in [0, 0.05) is 10.2 Å². The molecule has 0 spiro atoms. The number of halogens is 4. The quantitative estimate of drug-likeness (QED) is 0.789. The van der Waals surface area contributed by atoms with Crippen LogP contribution >= 0.6 is 27.5 Å². The van der Waals surface area contributed by atoms with Crippen molar-refractivity contribution in [1.82, 2.24) is 0 Å². The minimum atomic E-state index is -0.876. The van der Waals surface area contributed by atoms with Crippen LogP contribution in [0.25, 0.3) is 0 Å². The van der Waals surface area contributed by atoms with E-state index in [1.54, 1.807) is 24.3 Å². The van der Waals surface area contributed by atoms with Gasteiger partial charge in [-0.1, -0.05) is 33.6 Å². The van der Waals surface area contributed by atoms with E-state index in [1.807, 2.05) is 0 Å². The average Bonchev–Trinajstić information content (AvgIpc) is 2.33. The minimum absolute atomic E-state index is 0.364. The van der Waals surface area contributed by atoms with Crippen LogP contribution in [0.3, 0.4) is 0 Å². The van der Waals surface area contributed by atoms with Crippen LogP contribution in [0.4, 0.5) is 14.5 Å². The van der Waals surface area contributed by atoms with E-state index in [4.69, 9.17) is 11.6 Å². The third-order valence-corrected chi connectivity index (χ3v) is 3.12. The number of hydrogen-bond donors (Lipinski definition) is 1. The van der Waals surface area contributed by atoms with Crippen LogP contribution in [0.15, 0.2) is 40.9 Å². The maximum absolute atomic E-state index is 13.5. The Labute approximate surface area is 121 Å². The predicted octanol–water partition coefficient (Wildman–Crippen LogP) is 4.63. The molecule has 2 aromatic rings. The number of hydrogen-bond acceptors (Lipinski definition) is 1. The topological polar surface area (TPSA) is 29.1 Å². The van der Waals surface area contributed by atoms with Crippen molar-refractivity contribution in [3.63, 3.8) is 0 Å². The molecule has 1 N–H and O–H groups in total. The zero-order chi connectivity index (χ0) is 14.0. The average molecular weight is 347 g/mol. The monoisotopic (exact) mass is 345 g/mol. The first kappa shape index (κ1) is 14.0. The maximum atomic E-state index is 13.5. The molecule has 2 nitrogen and oxygen atoms in total. The summed E-state index contributed by atoms with van der Waals surface area (Å²) in [4.78, 5) is 11.8. The van der Waals surface area contributed by atoms with E-state index < -0.39 is 23.1 Å². The van der Waals surface area contributed by atoms with Crippen molar-refractivity contribution in [3.8, 4) is 0 Å². The van der Waals surface area contributed by atoms with Gasteiger partial charge in [0.15, 0.2) is 0 Å². The van der Waals surface area contributed by atoms with Gasteiger partial charge in [0.05, 0.1) is 10.6 Å². The van der Waals surface area contributed by atoms with Gasteiger partial charge in [0.25, 0.3) is 5.91 Å². The van der Waals surface area contributed by atoms with Crippen LogP contribution < -0.4 is 5.32 Å². The summed E-state index contributed by atoms with van der Waals surface area (Å²) in [6, 6.07) is 8.29. The summed E-state index contributed by atoms with van der Waals surface area (Å²) in [6.07, 6.45) is 0. The van der Waals surface area contributed by atoms with Crippen LogP contribution in [0.1, 0.15) is 10.4 Å². The lowest BCUT2D eigenvalue weighted by Crippen LogP contribution is -2.14. The van der Waals surface area contributed by atoms with Crippen molar-refractivity contribution in [1.29, 1.82) is 0 Å². The van der Waals surface area contributed by atoms with Crippen molar-refractivity contribution in [2.75, 3.05) is 5.32 Å². The minimum Gasteiger partial charge on any atom is -0.322 e. The zero-order valence-electron chi connectivity index (χ0n) is 9.38. The first-order valence-corrected chi connectivity index (χ1v) is 6.36. The van der Waals surface area contributed by atoms with Crippen LogP contribution in [-0.2, 0) is 0 Å². The summed E-state index contributed by atoms with van der Waals surface area (Å²) in [6.45, 7) is 0. The third-order valence-electron chi connectivity index (χ3n) is 2.34. The molecule has 0 unspecified atom stereocenters. The first-order valence-electron chi connectivity index (χ1n) is 5.19. The molecular weight excluding hydrogens is 340 g/mol. The van der Waals surface area contributed by atoms with Crippen molar-refractivity contribution >= 4 is 39.1 Å². The van der Waals surface area contributed by atoms with E-state index in [1.165, 1.54) is 0 Å². The molecule has 0 fully saturated rings. The van der Waals surface area contributed by atoms with Gasteiger partial charge in [0.2, 0.25) is 0 Å². The van der Waals surface area contributed by atoms with Gasteiger partial charge < -0.3 is 5.32 Å². The molecule has 2 rings (SSSR count). The highest BCUT2D eigenvalue weighted by Gasteiger charge is 2.15. The molecule has 6 heteroatoms. The third kappa shape index (κ3) is 3.30. The number of anilines is 1. The molecule has 1 amide bonds. The number of amides is 1. The summed E-state index contributed by atoms with van der Waals surface area (Å²) in [5.74, 6) is -2.47. The van der Waals surface area contributed by atoms with Gasteiger partial charge >= 0.3 is 0 Å². The molecule has 0 radical (unpaired) electrons. The molecule has 0 aromatic heterocycles. The Morgan fingerprint density at radius 2 is 1.89 bits per heavy atom. The fourth-order valence-electron chi connectivity index (χ4n) is 1.46. The van der Waals surface area contributed by atoms with Gasteiger partial charge in [0.1, 0.15) is 11.6 Å². The lowest BCUT2D eigenvalue weighted by molar-refractivity contribution is 0.102. The first-order chi connectivity index (χ1) is 8.97. The van der Waals surface area contributed by atoms with Crippen LogP contribution in [0.2, 0.25) is 5.02 Å². The molecule has 0 bridgehead atoms. The van der Waals surface area contributed by atoms with Crippen molar-refractivity contribution < 1.29 is 13.6 Å². The summed E-state index contributed by atoms with van der Waals surface area (Å²) in [5, 5.41) is 2.10. The molecular formula is C13H7BrClF2NO. The van der Waals surface area contributed by atoms with Gasteiger partial charge in [-0.25, -0.2) is 8.78 Å². The fourth-order valence-corrected chi connectivity index (χ4v) is 2.01. The zero-order valence-corrected chi connectivity index (χ0v) is 11.7. The van der Waals surface area contributed by atoms with E-state index in [0.717, 1.165) is 16.6 Å². The van der Waals surface area contributed by atoms with E-state index in [9.17, 15) is 13.6 Å². The lowest BCUT2D eigenvalue weighted by atomic mass is 10.2. The van der Waals surface area contributed by atoms with Gasteiger partial charge in [-0.15, -0.1) is 0 Å². The Kier molecular flexibility index (Phi) is 4.17. The highest BCUT2D eigenvalue weighted by Crippen LogP contribution is 2.21. The standard InChI is InChI=1S/C13H7BrClF2NO/c14-7-2-1-3-8(4-7)18-13(19)9-5-12(17)10(15)6-11(9)16/h1-6H,(H,18,19). The molecule has 2 aromatic carbocycles. The van der Waals surface area contributed by atoms with E-state index in [-0.39, 0.29) is 5.02 Å². The Hall–Kier alpha value is -1.46. The largest absolute Gasteiger partial charge is 0.322 e. The number of carbonyl (C=O) groups is 1. The second kappa shape index (κ2) is 5.67. The summed E-state index contributed by atoms with van der Waals surface area (Å²) >= 11 is 8.66. The van der Waals surface area contributed by atoms with Gasteiger partial charge in [-0.2, -0.15) is 0 Å². The van der Waals surface area contributed by atoms with E-state index in [2.05, 4.69) is 21.2 Å². The maximum Gasteiger partial charge on any atom is 0.258 e. The number of carbonyl (C=O) groups excluding carboxylic acids is 1. The van der Waals surface area contributed by atoms with Crippen molar-refractivity contribution in [3.05, 3.63) is 63.1 Å². The summed E-state index contributed by atoms with van der Waals surface area (Å²) in [5.41, 5.74) is 0.0657. The van der Waals surface area contributed by atoms with Crippen LogP contribution in [0, 0.1) is 11.6 Å². The molecule has 0 aliphatic rings. The fraction of sp³-hybridized carbons (Fsp3) is 0. The Morgan fingerprint density at radius 3 is 2.58 bits per heavy atom.